The van der Waals surface area contributed by atoms with Crippen molar-refractivity contribution in [3.05, 3.63) is 125 Å². The third kappa shape index (κ3) is 3.91. The van der Waals surface area contributed by atoms with Crippen LogP contribution >= 0.6 is 0 Å². The smallest absolute Gasteiger partial charge is 0.144 e. The van der Waals surface area contributed by atoms with Gasteiger partial charge in [-0.25, -0.2) is 4.99 Å². The maximum absolute atomic E-state index is 6.26. The lowest BCUT2D eigenvalue weighted by atomic mass is 10.1. The number of allylic oxidation sites excluding steroid dienone is 2. The second-order valence-electron chi connectivity index (χ2n) is 8.18. The number of para-hydroxylation sites is 1. The van der Waals surface area contributed by atoms with Crippen LogP contribution in [0.2, 0.25) is 0 Å². The van der Waals surface area contributed by atoms with Crippen LogP contribution in [0, 0.1) is 0 Å². The van der Waals surface area contributed by atoms with Gasteiger partial charge in [0.15, 0.2) is 0 Å². The Hall–Kier alpha value is -3.59. The van der Waals surface area contributed by atoms with Gasteiger partial charge in [0.05, 0.1) is 5.56 Å². The van der Waals surface area contributed by atoms with E-state index in [9.17, 15) is 0 Å². The molecule has 0 saturated heterocycles. The molecule has 1 aliphatic heterocycles. The number of benzene rings is 3. The molecule has 0 spiro atoms. The number of fused-ring (bicyclic) bond motifs is 1. The fraction of sp³-hybridized carbons (Fsp3) is 0.179. The molecule has 3 heteroatoms. The molecule has 5 rings (SSSR count). The summed E-state index contributed by atoms with van der Waals surface area (Å²) in [6.07, 6.45) is 4.06. The van der Waals surface area contributed by atoms with Crippen molar-refractivity contribution in [1.82, 2.24) is 4.90 Å². The summed E-state index contributed by atoms with van der Waals surface area (Å²) in [6, 6.07) is 27.5. The van der Waals surface area contributed by atoms with Gasteiger partial charge in [-0.1, -0.05) is 73.3 Å². The monoisotopic (exact) mass is 406 g/mol. The standard InChI is InChI=1S/C28H26N2O/c1-20-16-21(2)30(25-17-23-12-6-7-13-24(23)18-25)28(29-20)26-14-8-9-15-27(26)31-19-22-10-4-3-5-11-22/h3-16,25H,2,17-19H2,1H3. The van der Waals surface area contributed by atoms with Crippen LogP contribution in [0.1, 0.15) is 29.2 Å². The lowest BCUT2D eigenvalue weighted by Gasteiger charge is -2.35. The summed E-state index contributed by atoms with van der Waals surface area (Å²) in [5.74, 6) is 1.76. The van der Waals surface area contributed by atoms with Gasteiger partial charge in [0, 0.05) is 17.4 Å². The first-order chi connectivity index (χ1) is 15.2. The van der Waals surface area contributed by atoms with E-state index in [4.69, 9.17) is 9.73 Å². The molecule has 31 heavy (non-hydrogen) atoms. The fourth-order valence-corrected chi connectivity index (χ4v) is 4.53. The van der Waals surface area contributed by atoms with E-state index in [-0.39, 0.29) is 0 Å². The first-order valence-corrected chi connectivity index (χ1v) is 10.8. The van der Waals surface area contributed by atoms with Gasteiger partial charge in [-0.15, -0.1) is 0 Å². The van der Waals surface area contributed by atoms with E-state index >= 15 is 0 Å². The molecule has 0 amide bonds. The molecule has 0 radical (unpaired) electrons. The van der Waals surface area contributed by atoms with Gasteiger partial charge < -0.3 is 9.64 Å². The van der Waals surface area contributed by atoms with Crippen molar-refractivity contribution in [2.24, 2.45) is 4.99 Å². The van der Waals surface area contributed by atoms with Crippen LogP contribution in [0.25, 0.3) is 0 Å². The zero-order valence-corrected chi connectivity index (χ0v) is 17.8. The van der Waals surface area contributed by atoms with Crippen LogP contribution in [0.15, 0.2) is 108 Å². The summed E-state index contributed by atoms with van der Waals surface area (Å²) >= 11 is 0. The summed E-state index contributed by atoms with van der Waals surface area (Å²) in [7, 11) is 0. The normalized spacial score (nSPS) is 16.0. The number of nitrogens with zero attached hydrogens (tertiary/aromatic N) is 2. The molecule has 0 fully saturated rings. The number of amidine groups is 1. The summed E-state index contributed by atoms with van der Waals surface area (Å²) in [5, 5.41) is 0. The van der Waals surface area contributed by atoms with Gasteiger partial charge in [-0.05, 0) is 54.7 Å². The molecule has 0 saturated carbocycles. The number of hydrogen-bond acceptors (Lipinski definition) is 3. The number of hydrogen-bond donors (Lipinski definition) is 0. The minimum absolute atomic E-state index is 0.301. The second kappa shape index (κ2) is 8.27. The average molecular weight is 407 g/mol. The highest BCUT2D eigenvalue weighted by Crippen LogP contribution is 2.33. The van der Waals surface area contributed by atoms with Gasteiger partial charge in [-0.2, -0.15) is 0 Å². The first kappa shape index (κ1) is 19.4. The van der Waals surface area contributed by atoms with E-state index in [2.05, 4.69) is 60.0 Å². The Kier molecular flexibility index (Phi) is 5.17. The molecule has 0 atom stereocenters. The highest BCUT2D eigenvalue weighted by atomic mass is 16.5. The quantitative estimate of drug-likeness (QED) is 0.526. The lowest BCUT2D eigenvalue weighted by Crippen LogP contribution is -2.41. The summed E-state index contributed by atoms with van der Waals surface area (Å²) < 4.78 is 6.26. The van der Waals surface area contributed by atoms with Crippen LogP contribution in [0.4, 0.5) is 0 Å². The largest absolute Gasteiger partial charge is 0.488 e. The van der Waals surface area contributed by atoms with Crippen molar-refractivity contribution >= 4 is 5.84 Å². The Morgan fingerprint density at radius 2 is 1.55 bits per heavy atom. The van der Waals surface area contributed by atoms with Gasteiger partial charge in [0.25, 0.3) is 0 Å². The van der Waals surface area contributed by atoms with Crippen molar-refractivity contribution in [3.63, 3.8) is 0 Å². The molecule has 0 N–H and O–H groups in total. The molecule has 3 nitrogen and oxygen atoms in total. The molecule has 154 valence electrons. The maximum Gasteiger partial charge on any atom is 0.144 e. The maximum atomic E-state index is 6.26. The van der Waals surface area contributed by atoms with E-state index in [1.165, 1.54) is 11.1 Å². The topological polar surface area (TPSA) is 24.8 Å². The third-order valence-corrected chi connectivity index (χ3v) is 5.96. The zero-order chi connectivity index (χ0) is 21.2. The van der Waals surface area contributed by atoms with Gasteiger partial charge in [0.1, 0.15) is 18.2 Å². The Morgan fingerprint density at radius 1 is 0.903 bits per heavy atom. The number of ether oxygens (including phenoxy) is 1. The van der Waals surface area contributed by atoms with Crippen LogP contribution < -0.4 is 4.74 Å². The van der Waals surface area contributed by atoms with E-state index in [1.54, 1.807) is 0 Å². The zero-order valence-electron chi connectivity index (χ0n) is 17.8. The molecule has 0 bridgehead atoms. The van der Waals surface area contributed by atoms with Crippen molar-refractivity contribution in [2.75, 3.05) is 0 Å². The van der Waals surface area contributed by atoms with Crippen LogP contribution in [-0.4, -0.2) is 16.8 Å². The van der Waals surface area contributed by atoms with E-state index in [1.807, 2.05) is 43.3 Å². The Morgan fingerprint density at radius 3 is 2.29 bits per heavy atom. The molecule has 2 aliphatic rings. The van der Waals surface area contributed by atoms with Gasteiger partial charge in [0.2, 0.25) is 0 Å². The van der Waals surface area contributed by atoms with Crippen molar-refractivity contribution in [3.8, 4) is 5.75 Å². The molecule has 0 aromatic heterocycles. The van der Waals surface area contributed by atoms with E-state index in [0.717, 1.165) is 46.9 Å². The second-order valence-corrected chi connectivity index (χ2v) is 8.18. The fourth-order valence-electron chi connectivity index (χ4n) is 4.53. The Labute approximate surface area is 184 Å². The lowest BCUT2D eigenvalue weighted by molar-refractivity contribution is 0.304. The number of aliphatic imine (C=N–C) groups is 1. The molecule has 3 aromatic rings. The van der Waals surface area contributed by atoms with Crippen LogP contribution in [-0.2, 0) is 19.4 Å². The summed E-state index contributed by atoms with van der Waals surface area (Å²) in [5.41, 5.74) is 6.93. The predicted molar refractivity (Wildman–Crippen MR) is 126 cm³/mol. The summed E-state index contributed by atoms with van der Waals surface area (Å²) in [6.45, 7) is 6.93. The average Bonchev–Trinajstić information content (AvgIpc) is 3.21. The minimum Gasteiger partial charge on any atom is -0.488 e. The third-order valence-electron chi connectivity index (χ3n) is 5.96. The first-order valence-electron chi connectivity index (χ1n) is 10.8. The Bertz CT molecular complexity index is 1150. The predicted octanol–water partition coefficient (Wildman–Crippen LogP) is 5.91. The van der Waals surface area contributed by atoms with Crippen LogP contribution in [0.3, 0.4) is 0 Å². The highest BCUT2D eigenvalue weighted by Gasteiger charge is 2.33. The minimum atomic E-state index is 0.301. The molecule has 0 unspecified atom stereocenters. The highest BCUT2D eigenvalue weighted by molar-refractivity contribution is 6.03. The summed E-state index contributed by atoms with van der Waals surface area (Å²) in [4.78, 5) is 7.27. The molecule has 1 heterocycles. The van der Waals surface area contributed by atoms with Gasteiger partial charge in [-0.3, -0.25) is 0 Å². The molecule has 1 aliphatic carbocycles. The molecular formula is C28H26N2O. The SMILES string of the molecule is C=C1C=C(C)N=C(c2ccccc2OCc2ccccc2)N1C1Cc2ccccc2C1. The van der Waals surface area contributed by atoms with E-state index < -0.39 is 0 Å². The molecular weight excluding hydrogens is 380 g/mol. The number of rotatable bonds is 5. The van der Waals surface area contributed by atoms with Crippen LogP contribution in [0.5, 0.6) is 5.75 Å². The van der Waals surface area contributed by atoms with E-state index in [0.29, 0.717) is 12.6 Å². The van der Waals surface area contributed by atoms with Crippen molar-refractivity contribution in [1.29, 1.82) is 0 Å². The van der Waals surface area contributed by atoms with Crippen molar-refractivity contribution < 1.29 is 4.74 Å². The molecule has 3 aromatic carbocycles. The van der Waals surface area contributed by atoms with Crippen molar-refractivity contribution in [2.45, 2.75) is 32.4 Å². The van der Waals surface area contributed by atoms with Gasteiger partial charge >= 0.3 is 0 Å². The Balaban J connectivity index is 1.47.